The lowest BCUT2D eigenvalue weighted by molar-refractivity contribution is -0.384. The van der Waals surface area contributed by atoms with Crippen molar-refractivity contribution in [3.8, 4) is 0 Å². The lowest BCUT2D eigenvalue weighted by Crippen LogP contribution is -2.33. The lowest BCUT2D eigenvalue weighted by atomic mass is 10.1. The molecule has 26 heavy (non-hydrogen) atoms. The third-order valence-corrected chi connectivity index (χ3v) is 5.09. The van der Waals surface area contributed by atoms with E-state index in [9.17, 15) is 14.9 Å². The van der Waals surface area contributed by atoms with Gasteiger partial charge in [0.1, 0.15) is 0 Å². The van der Waals surface area contributed by atoms with E-state index >= 15 is 0 Å². The molecule has 7 heteroatoms. The summed E-state index contributed by atoms with van der Waals surface area (Å²) in [7, 11) is 0. The van der Waals surface area contributed by atoms with Crippen LogP contribution in [-0.4, -0.2) is 34.0 Å². The van der Waals surface area contributed by atoms with Crippen molar-refractivity contribution in [1.29, 1.82) is 0 Å². The number of nitro benzene ring substituents is 1. The second-order valence-corrected chi connectivity index (χ2v) is 7.16. The highest BCUT2D eigenvalue weighted by Crippen LogP contribution is 2.24. The minimum Gasteiger partial charge on any atom is -0.286 e. The zero-order chi connectivity index (χ0) is 18.7. The molecule has 0 saturated carbocycles. The predicted molar refractivity (Wildman–Crippen MR) is 104 cm³/mol. The number of nitro groups is 1. The maximum absolute atomic E-state index is 12.9. The third-order valence-electron chi connectivity index (χ3n) is 4.00. The molecule has 2 aromatic carbocycles. The smallest absolute Gasteiger partial charge is 0.269 e. The average molecular weight is 369 g/mol. The summed E-state index contributed by atoms with van der Waals surface area (Å²) in [5.74, 6) is 0.469. The molecule has 0 bridgehead atoms. The van der Waals surface area contributed by atoms with Gasteiger partial charge in [-0.25, -0.2) is 0 Å². The lowest BCUT2D eigenvalue weighted by Gasteiger charge is -2.18. The zero-order valence-electron chi connectivity index (χ0n) is 14.6. The Morgan fingerprint density at radius 2 is 1.96 bits per heavy atom. The van der Waals surface area contributed by atoms with Crippen LogP contribution < -0.4 is 0 Å². The summed E-state index contributed by atoms with van der Waals surface area (Å²) in [5, 5.41) is 11.6. The number of thioether (sulfide) groups is 1. The fraction of sp³-hybridized carbons (Fsp3) is 0.263. The minimum atomic E-state index is -0.406. The van der Waals surface area contributed by atoms with Crippen LogP contribution in [0.5, 0.6) is 0 Å². The van der Waals surface area contributed by atoms with Gasteiger partial charge >= 0.3 is 0 Å². The van der Waals surface area contributed by atoms with E-state index in [1.54, 1.807) is 17.0 Å². The van der Waals surface area contributed by atoms with Gasteiger partial charge in [0, 0.05) is 30.0 Å². The first-order chi connectivity index (χ1) is 12.4. The van der Waals surface area contributed by atoms with Crippen molar-refractivity contribution in [2.75, 3.05) is 13.1 Å². The van der Waals surface area contributed by atoms with Crippen molar-refractivity contribution in [2.45, 2.75) is 19.6 Å². The molecule has 1 aliphatic rings. The highest BCUT2D eigenvalue weighted by atomic mass is 32.2. The number of aryl methyl sites for hydroxylation is 2. The zero-order valence-corrected chi connectivity index (χ0v) is 15.5. The number of carbonyl (C=O) groups is 1. The largest absolute Gasteiger partial charge is 0.286 e. The van der Waals surface area contributed by atoms with Crippen molar-refractivity contribution in [3.05, 3.63) is 74.8 Å². The SMILES string of the molecule is Cc1cc(C)cc(C(=O)N2CCN=C2SCc2cccc([N+](=O)[O-])c2)c1. The fourth-order valence-electron chi connectivity index (χ4n) is 2.90. The van der Waals surface area contributed by atoms with Gasteiger partial charge < -0.3 is 0 Å². The Kier molecular flexibility index (Phi) is 5.37. The molecule has 0 spiro atoms. The highest BCUT2D eigenvalue weighted by Gasteiger charge is 2.25. The van der Waals surface area contributed by atoms with E-state index in [0.29, 0.717) is 29.6 Å². The number of rotatable bonds is 4. The molecule has 1 amide bonds. The number of aliphatic imine (C=N–C) groups is 1. The maximum atomic E-state index is 12.9. The van der Waals surface area contributed by atoms with E-state index in [2.05, 4.69) is 4.99 Å². The van der Waals surface area contributed by atoms with Crippen molar-refractivity contribution in [2.24, 2.45) is 4.99 Å². The summed E-state index contributed by atoms with van der Waals surface area (Å²) in [6.45, 7) is 5.08. The van der Waals surface area contributed by atoms with Crippen LogP contribution in [0.15, 0.2) is 47.5 Å². The van der Waals surface area contributed by atoms with Crippen LogP contribution in [0, 0.1) is 24.0 Å². The quantitative estimate of drug-likeness (QED) is 0.604. The van der Waals surface area contributed by atoms with Crippen molar-refractivity contribution in [3.63, 3.8) is 0 Å². The first kappa shape index (κ1) is 18.1. The standard InChI is InChI=1S/C19H19N3O3S/c1-13-8-14(2)10-16(9-13)18(23)21-7-6-20-19(21)26-12-15-4-3-5-17(11-15)22(24)25/h3-5,8-11H,6-7,12H2,1-2H3. The molecule has 6 nitrogen and oxygen atoms in total. The Morgan fingerprint density at radius 3 is 2.65 bits per heavy atom. The number of hydrogen-bond acceptors (Lipinski definition) is 5. The van der Waals surface area contributed by atoms with Crippen LogP contribution in [-0.2, 0) is 5.75 Å². The third kappa shape index (κ3) is 4.11. The van der Waals surface area contributed by atoms with E-state index in [1.807, 2.05) is 38.1 Å². The number of nitrogens with zero attached hydrogens (tertiary/aromatic N) is 3. The van der Waals surface area contributed by atoms with E-state index in [0.717, 1.165) is 16.7 Å². The summed E-state index contributed by atoms with van der Waals surface area (Å²) in [6.07, 6.45) is 0. The van der Waals surface area contributed by atoms with Gasteiger partial charge in [0.15, 0.2) is 5.17 Å². The van der Waals surface area contributed by atoms with Crippen LogP contribution in [0.1, 0.15) is 27.0 Å². The van der Waals surface area contributed by atoms with Crippen LogP contribution in [0.2, 0.25) is 0 Å². The molecule has 0 N–H and O–H groups in total. The number of hydrogen-bond donors (Lipinski definition) is 0. The fourth-order valence-corrected chi connectivity index (χ4v) is 3.89. The van der Waals surface area contributed by atoms with Crippen LogP contribution in [0.3, 0.4) is 0 Å². The number of amidine groups is 1. The van der Waals surface area contributed by atoms with Gasteiger partial charge in [0.25, 0.3) is 11.6 Å². The number of carbonyl (C=O) groups excluding carboxylic acids is 1. The summed E-state index contributed by atoms with van der Waals surface area (Å²) >= 11 is 1.43. The molecule has 1 heterocycles. The number of amides is 1. The summed E-state index contributed by atoms with van der Waals surface area (Å²) in [5.41, 5.74) is 3.66. The summed E-state index contributed by atoms with van der Waals surface area (Å²) in [4.78, 5) is 29.5. The molecule has 134 valence electrons. The maximum Gasteiger partial charge on any atom is 0.269 e. The Balaban J connectivity index is 1.71. The molecule has 0 fully saturated rings. The molecule has 1 aliphatic heterocycles. The van der Waals surface area contributed by atoms with Crippen LogP contribution >= 0.6 is 11.8 Å². The summed E-state index contributed by atoms with van der Waals surface area (Å²) in [6, 6.07) is 12.3. The molecule has 0 aromatic heterocycles. The summed E-state index contributed by atoms with van der Waals surface area (Å²) < 4.78 is 0. The van der Waals surface area contributed by atoms with Gasteiger partial charge in [0.05, 0.1) is 11.5 Å². The van der Waals surface area contributed by atoms with E-state index in [4.69, 9.17) is 0 Å². The van der Waals surface area contributed by atoms with Gasteiger partial charge in [-0.3, -0.25) is 24.8 Å². The van der Waals surface area contributed by atoms with E-state index in [1.165, 1.54) is 17.8 Å². The van der Waals surface area contributed by atoms with E-state index < -0.39 is 4.92 Å². The Labute approximate surface area is 156 Å². The Hall–Kier alpha value is -2.67. The van der Waals surface area contributed by atoms with Gasteiger partial charge in [-0.2, -0.15) is 0 Å². The van der Waals surface area contributed by atoms with Crippen LogP contribution in [0.4, 0.5) is 5.69 Å². The monoisotopic (exact) mass is 369 g/mol. The first-order valence-electron chi connectivity index (χ1n) is 8.25. The first-order valence-corrected chi connectivity index (χ1v) is 9.23. The Morgan fingerprint density at radius 1 is 1.23 bits per heavy atom. The van der Waals surface area contributed by atoms with Gasteiger partial charge in [-0.15, -0.1) is 0 Å². The molecule has 0 atom stereocenters. The van der Waals surface area contributed by atoms with Crippen molar-refractivity contribution >= 4 is 28.5 Å². The minimum absolute atomic E-state index is 0.0559. The van der Waals surface area contributed by atoms with Gasteiger partial charge in [0.2, 0.25) is 0 Å². The molecule has 0 unspecified atom stereocenters. The molecule has 0 saturated heterocycles. The van der Waals surface area contributed by atoms with Crippen LogP contribution in [0.25, 0.3) is 0 Å². The highest BCUT2D eigenvalue weighted by molar-refractivity contribution is 8.13. The molecule has 3 rings (SSSR count). The molecular formula is C19H19N3O3S. The second kappa shape index (κ2) is 7.70. The predicted octanol–water partition coefficient (Wildman–Crippen LogP) is 3.96. The molecule has 0 radical (unpaired) electrons. The van der Waals surface area contributed by atoms with Crippen molar-refractivity contribution < 1.29 is 9.72 Å². The normalized spacial score (nSPS) is 13.6. The topological polar surface area (TPSA) is 75.8 Å². The Bertz CT molecular complexity index is 875. The average Bonchev–Trinajstić information content (AvgIpc) is 3.07. The van der Waals surface area contributed by atoms with Gasteiger partial charge in [-0.1, -0.05) is 41.1 Å². The molecular weight excluding hydrogens is 350 g/mol. The molecule has 0 aliphatic carbocycles. The van der Waals surface area contributed by atoms with Crippen molar-refractivity contribution in [1.82, 2.24) is 4.90 Å². The van der Waals surface area contributed by atoms with Gasteiger partial charge in [-0.05, 0) is 31.5 Å². The number of non-ortho nitro benzene ring substituents is 1. The molecule has 2 aromatic rings. The number of benzene rings is 2. The van der Waals surface area contributed by atoms with E-state index in [-0.39, 0.29) is 11.6 Å². The second-order valence-electron chi connectivity index (χ2n) is 6.21.